The van der Waals surface area contributed by atoms with E-state index in [0.717, 1.165) is 24.3 Å². The van der Waals surface area contributed by atoms with Gasteiger partial charge in [0.05, 0.1) is 7.11 Å². The average Bonchev–Trinajstić information content (AvgIpc) is 2.29. The molecule has 0 saturated carbocycles. The highest BCUT2D eigenvalue weighted by Gasteiger charge is 2.10. The Morgan fingerprint density at radius 1 is 1.33 bits per heavy atom. The first-order chi connectivity index (χ1) is 7.29. The van der Waals surface area contributed by atoms with Gasteiger partial charge in [0.15, 0.2) is 0 Å². The molecule has 3 heteroatoms. The SMILES string of the molecule is CCOCCC(N)c1ccccc1OC. The number of methoxy groups -OCH3 is 1. The number of para-hydroxylation sites is 1. The molecule has 15 heavy (non-hydrogen) atoms. The van der Waals surface area contributed by atoms with Crippen molar-refractivity contribution in [3.8, 4) is 5.75 Å². The molecule has 1 atom stereocenters. The predicted molar refractivity (Wildman–Crippen MR) is 61.0 cm³/mol. The van der Waals surface area contributed by atoms with Crippen molar-refractivity contribution in [3.05, 3.63) is 29.8 Å². The molecular formula is C12H19NO2. The van der Waals surface area contributed by atoms with Crippen molar-refractivity contribution >= 4 is 0 Å². The lowest BCUT2D eigenvalue weighted by Gasteiger charge is -2.15. The fourth-order valence-corrected chi connectivity index (χ4v) is 1.48. The van der Waals surface area contributed by atoms with E-state index < -0.39 is 0 Å². The number of hydrogen-bond donors (Lipinski definition) is 1. The van der Waals surface area contributed by atoms with Crippen LogP contribution in [-0.4, -0.2) is 20.3 Å². The van der Waals surface area contributed by atoms with E-state index >= 15 is 0 Å². The third-order valence-electron chi connectivity index (χ3n) is 2.32. The summed E-state index contributed by atoms with van der Waals surface area (Å²) in [5.41, 5.74) is 7.09. The second-order valence-electron chi connectivity index (χ2n) is 3.33. The Balaban J connectivity index is 2.59. The molecule has 84 valence electrons. The topological polar surface area (TPSA) is 44.5 Å². The van der Waals surface area contributed by atoms with Gasteiger partial charge in [-0.2, -0.15) is 0 Å². The van der Waals surface area contributed by atoms with E-state index in [1.807, 2.05) is 31.2 Å². The van der Waals surface area contributed by atoms with E-state index in [1.54, 1.807) is 7.11 Å². The summed E-state index contributed by atoms with van der Waals surface area (Å²) in [4.78, 5) is 0. The highest BCUT2D eigenvalue weighted by Crippen LogP contribution is 2.24. The van der Waals surface area contributed by atoms with Gasteiger partial charge < -0.3 is 15.2 Å². The van der Waals surface area contributed by atoms with E-state index in [-0.39, 0.29) is 6.04 Å². The number of ether oxygens (including phenoxy) is 2. The summed E-state index contributed by atoms with van der Waals surface area (Å²) in [5, 5.41) is 0. The molecule has 0 radical (unpaired) electrons. The Labute approximate surface area is 91.2 Å². The Bertz CT molecular complexity index is 289. The van der Waals surface area contributed by atoms with Crippen LogP contribution in [0.1, 0.15) is 24.9 Å². The molecule has 3 nitrogen and oxygen atoms in total. The highest BCUT2D eigenvalue weighted by molar-refractivity contribution is 5.35. The summed E-state index contributed by atoms with van der Waals surface area (Å²) in [6, 6.07) is 7.81. The van der Waals surface area contributed by atoms with Gasteiger partial charge >= 0.3 is 0 Å². The minimum absolute atomic E-state index is 0.0206. The molecule has 0 aromatic heterocycles. The Kier molecular flexibility index (Phi) is 5.15. The van der Waals surface area contributed by atoms with Gasteiger partial charge in [-0.25, -0.2) is 0 Å². The lowest BCUT2D eigenvalue weighted by atomic mass is 10.0. The van der Waals surface area contributed by atoms with Crippen molar-refractivity contribution in [1.82, 2.24) is 0 Å². The van der Waals surface area contributed by atoms with Gasteiger partial charge in [-0.15, -0.1) is 0 Å². The van der Waals surface area contributed by atoms with E-state index in [1.165, 1.54) is 0 Å². The van der Waals surface area contributed by atoms with Crippen molar-refractivity contribution < 1.29 is 9.47 Å². The van der Waals surface area contributed by atoms with Gasteiger partial charge in [-0.05, 0) is 19.4 Å². The van der Waals surface area contributed by atoms with Crippen LogP contribution in [-0.2, 0) is 4.74 Å². The van der Waals surface area contributed by atoms with Gasteiger partial charge in [-0.3, -0.25) is 0 Å². The summed E-state index contributed by atoms with van der Waals surface area (Å²) in [5.74, 6) is 0.849. The fraction of sp³-hybridized carbons (Fsp3) is 0.500. The Morgan fingerprint density at radius 3 is 2.73 bits per heavy atom. The minimum Gasteiger partial charge on any atom is -0.496 e. The maximum Gasteiger partial charge on any atom is 0.123 e. The summed E-state index contributed by atoms with van der Waals surface area (Å²) < 4.78 is 10.5. The maximum atomic E-state index is 6.05. The monoisotopic (exact) mass is 209 g/mol. The van der Waals surface area contributed by atoms with Gasteiger partial charge in [0.1, 0.15) is 5.75 Å². The zero-order chi connectivity index (χ0) is 11.1. The van der Waals surface area contributed by atoms with Crippen molar-refractivity contribution in [1.29, 1.82) is 0 Å². The number of hydrogen-bond acceptors (Lipinski definition) is 3. The molecule has 0 aliphatic carbocycles. The Morgan fingerprint density at radius 2 is 2.07 bits per heavy atom. The van der Waals surface area contributed by atoms with Crippen LogP contribution >= 0.6 is 0 Å². The van der Waals surface area contributed by atoms with E-state index in [4.69, 9.17) is 15.2 Å². The van der Waals surface area contributed by atoms with Crippen molar-refractivity contribution in [2.75, 3.05) is 20.3 Å². The summed E-state index contributed by atoms with van der Waals surface area (Å²) in [6.45, 7) is 3.41. The third-order valence-corrected chi connectivity index (χ3v) is 2.32. The molecule has 0 heterocycles. The van der Waals surface area contributed by atoms with Crippen molar-refractivity contribution in [2.24, 2.45) is 5.73 Å². The first-order valence-electron chi connectivity index (χ1n) is 5.25. The molecule has 0 amide bonds. The second kappa shape index (κ2) is 6.43. The van der Waals surface area contributed by atoms with Gasteiger partial charge in [-0.1, -0.05) is 18.2 Å². The normalized spacial score (nSPS) is 12.5. The lowest BCUT2D eigenvalue weighted by Crippen LogP contribution is -2.14. The minimum atomic E-state index is -0.0206. The van der Waals surface area contributed by atoms with E-state index in [0.29, 0.717) is 6.61 Å². The third kappa shape index (κ3) is 3.53. The molecule has 0 aliphatic rings. The average molecular weight is 209 g/mol. The molecule has 0 spiro atoms. The maximum absolute atomic E-state index is 6.05. The van der Waals surface area contributed by atoms with Crippen LogP contribution in [0.5, 0.6) is 5.75 Å². The van der Waals surface area contributed by atoms with Crippen molar-refractivity contribution in [2.45, 2.75) is 19.4 Å². The smallest absolute Gasteiger partial charge is 0.123 e. The Hall–Kier alpha value is -1.06. The summed E-state index contributed by atoms with van der Waals surface area (Å²) >= 11 is 0. The molecule has 0 aliphatic heterocycles. The zero-order valence-electron chi connectivity index (χ0n) is 9.40. The molecule has 1 rings (SSSR count). The van der Waals surface area contributed by atoms with Crippen LogP contribution in [0.2, 0.25) is 0 Å². The molecule has 1 aromatic carbocycles. The van der Waals surface area contributed by atoms with Crippen LogP contribution in [0.25, 0.3) is 0 Å². The zero-order valence-corrected chi connectivity index (χ0v) is 9.40. The van der Waals surface area contributed by atoms with Gasteiger partial charge in [0.2, 0.25) is 0 Å². The predicted octanol–water partition coefficient (Wildman–Crippen LogP) is 2.12. The van der Waals surface area contributed by atoms with E-state index in [2.05, 4.69) is 0 Å². The second-order valence-corrected chi connectivity index (χ2v) is 3.33. The van der Waals surface area contributed by atoms with Crippen molar-refractivity contribution in [3.63, 3.8) is 0 Å². The standard InChI is InChI=1S/C12H19NO2/c1-3-15-9-8-11(13)10-6-4-5-7-12(10)14-2/h4-7,11H,3,8-9,13H2,1-2H3. The van der Waals surface area contributed by atoms with Crippen LogP contribution in [0.3, 0.4) is 0 Å². The molecular weight excluding hydrogens is 190 g/mol. The molecule has 0 fully saturated rings. The summed E-state index contributed by atoms with van der Waals surface area (Å²) in [7, 11) is 1.66. The molecule has 0 bridgehead atoms. The number of nitrogens with two attached hydrogens (primary N) is 1. The first kappa shape index (κ1) is 12.0. The lowest BCUT2D eigenvalue weighted by molar-refractivity contribution is 0.139. The van der Waals surface area contributed by atoms with Gasteiger partial charge in [0.25, 0.3) is 0 Å². The van der Waals surface area contributed by atoms with Crippen LogP contribution in [0.4, 0.5) is 0 Å². The van der Waals surface area contributed by atoms with Crippen LogP contribution in [0, 0.1) is 0 Å². The van der Waals surface area contributed by atoms with Crippen LogP contribution in [0.15, 0.2) is 24.3 Å². The summed E-state index contributed by atoms with van der Waals surface area (Å²) in [6.07, 6.45) is 0.814. The molecule has 0 saturated heterocycles. The number of rotatable bonds is 6. The van der Waals surface area contributed by atoms with E-state index in [9.17, 15) is 0 Å². The van der Waals surface area contributed by atoms with Gasteiger partial charge in [0, 0.05) is 24.8 Å². The largest absolute Gasteiger partial charge is 0.496 e. The fourth-order valence-electron chi connectivity index (χ4n) is 1.48. The quantitative estimate of drug-likeness (QED) is 0.730. The molecule has 1 aromatic rings. The molecule has 1 unspecified atom stereocenters. The first-order valence-corrected chi connectivity index (χ1v) is 5.25. The highest BCUT2D eigenvalue weighted by atomic mass is 16.5. The van der Waals surface area contributed by atoms with Crippen LogP contribution < -0.4 is 10.5 Å². The molecule has 2 N–H and O–H groups in total. The number of benzene rings is 1.